The molecule has 0 saturated heterocycles. The summed E-state index contributed by atoms with van der Waals surface area (Å²) < 4.78 is 5.22. The van der Waals surface area contributed by atoms with Crippen LogP contribution in [0.3, 0.4) is 0 Å². The number of para-hydroxylation sites is 1. The number of nitriles is 1. The van der Waals surface area contributed by atoms with Crippen molar-refractivity contribution in [2.75, 3.05) is 7.11 Å². The minimum atomic E-state index is -0.797. The molecule has 0 radical (unpaired) electrons. The number of rotatable bonds is 3. The first-order chi connectivity index (χ1) is 8.76. The molecule has 0 bridgehead atoms. The van der Waals surface area contributed by atoms with E-state index in [4.69, 9.17) is 10.00 Å². The smallest absolute Gasteiger partial charge is 0.125 e. The van der Waals surface area contributed by atoms with Gasteiger partial charge >= 0.3 is 0 Å². The third-order valence-electron chi connectivity index (χ3n) is 2.76. The maximum Gasteiger partial charge on any atom is 0.125 e. The molecule has 0 spiro atoms. The van der Waals surface area contributed by atoms with E-state index in [0.717, 1.165) is 0 Å². The molecule has 2 aromatic rings. The van der Waals surface area contributed by atoms with Gasteiger partial charge in [0.05, 0.1) is 18.7 Å². The predicted octanol–water partition coefficient (Wildman–Crippen LogP) is 2.65. The Kier molecular flexibility index (Phi) is 3.61. The number of hydrogen-bond donors (Lipinski definition) is 1. The van der Waals surface area contributed by atoms with Crippen LogP contribution in [0.25, 0.3) is 0 Å². The highest BCUT2D eigenvalue weighted by Crippen LogP contribution is 2.29. The van der Waals surface area contributed by atoms with Crippen molar-refractivity contribution in [1.82, 2.24) is 0 Å². The predicted molar refractivity (Wildman–Crippen MR) is 68.2 cm³/mol. The van der Waals surface area contributed by atoms with Gasteiger partial charge in [0.25, 0.3) is 0 Å². The number of aliphatic hydroxyl groups excluding tert-OH is 1. The fourth-order valence-electron chi connectivity index (χ4n) is 1.85. The van der Waals surface area contributed by atoms with Gasteiger partial charge < -0.3 is 9.84 Å². The normalized spacial score (nSPS) is 11.6. The second-order valence-corrected chi connectivity index (χ2v) is 3.88. The summed E-state index contributed by atoms with van der Waals surface area (Å²) in [5.74, 6) is 0.632. The Morgan fingerprint density at radius 3 is 2.67 bits per heavy atom. The topological polar surface area (TPSA) is 53.2 Å². The quantitative estimate of drug-likeness (QED) is 0.895. The minimum Gasteiger partial charge on any atom is -0.496 e. The van der Waals surface area contributed by atoms with Gasteiger partial charge in [-0.3, -0.25) is 0 Å². The van der Waals surface area contributed by atoms with Crippen LogP contribution in [-0.2, 0) is 0 Å². The Labute approximate surface area is 106 Å². The molecule has 3 nitrogen and oxygen atoms in total. The maximum atomic E-state index is 10.3. The van der Waals surface area contributed by atoms with Gasteiger partial charge in [-0.15, -0.1) is 0 Å². The lowest BCUT2D eigenvalue weighted by molar-refractivity contribution is 0.214. The molecule has 0 aliphatic heterocycles. The Hall–Kier alpha value is -2.31. The van der Waals surface area contributed by atoms with Crippen molar-refractivity contribution in [1.29, 1.82) is 5.26 Å². The van der Waals surface area contributed by atoms with Crippen LogP contribution in [0.15, 0.2) is 48.5 Å². The fraction of sp³-hybridized carbons (Fsp3) is 0.133. The van der Waals surface area contributed by atoms with Gasteiger partial charge in [-0.25, -0.2) is 0 Å². The Morgan fingerprint density at radius 1 is 1.17 bits per heavy atom. The van der Waals surface area contributed by atoms with Crippen LogP contribution < -0.4 is 4.74 Å². The Bertz CT molecular complexity index is 587. The number of nitrogens with zero attached hydrogens (tertiary/aromatic N) is 1. The van der Waals surface area contributed by atoms with E-state index in [0.29, 0.717) is 22.4 Å². The average molecular weight is 239 g/mol. The zero-order valence-corrected chi connectivity index (χ0v) is 10.00. The molecule has 1 atom stereocenters. The molecule has 0 fully saturated rings. The molecule has 3 heteroatoms. The van der Waals surface area contributed by atoms with Gasteiger partial charge in [-0.1, -0.05) is 30.3 Å². The summed E-state index contributed by atoms with van der Waals surface area (Å²) in [6.45, 7) is 0. The first-order valence-corrected chi connectivity index (χ1v) is 5.57. The highest BCUT2D eigenvalue weighted by molar-refractivity contribution is 5.42. The highest BCUT2D eigenvalue weighted by Gasteiger charge is 2.14. The van der Waals surface area contributed by atoms with E-state index in [-0.39, 0.29) is 0 Å². The summed E-state index contributed by atoms with van der Waals surface area (Å²) in [7, 11) is 1.57. The molecule has 0 heterocycles. The van der Waals surface area contributed by atoms with E-state index in [1.54, 1.807) is 37.4 Å². The van der Waals surface area contributed by atoms with Crippen LogP contribution in [0, 0.1) is 11.3 Å². The van der Waals surface area contributed by atoms with Crippen molar-refractivity contribution in [3.05, 3.63) is 65.2 Å². The van der Waals surface area contributed by atoms with E-state index >= 15 is 0 Å². The Balaban J connectivity index is 2.41. The second-order valence-electron chi connectivity index (χ2n) is 3.88. The zero-order valence-electron chi connectivity index (χ0n) is 10.00. The van der Waals surface area contributed by atoms with E-state index in [1.807, 2.05) is 18.2 Å². The molecule has 0 aromatic heterocycles. The van der Waals surface area contributed by atoms with Gasteiger partial charge in [0.2, 0.25) is 0 Å². The van der Waals surface area contributed by atoms with Gasteiger partial charge in [0.1, 0.15) is 11.9 Å². The van der Waals surface area contributed by atoms with Crippen molar-refractivity contribution < 1.29 is 9.84 Å². The van der Waals surface area contributed by atoms with Crippen LogP contribution >= 0.6 is 0 Å². The van der Waals surface area contributed by atoms with Crippen LogP contribution in [0.5, 0.6) is 5.75 Å². The lowest BCUT2D eigenvalue weighted by Gasteiger charge is -2.15. The van der Waals surface area contributed by atoms with Crippen LogP contribution in [0.4, 0.5) is 0 Å². The van der Waals surface area contributed by atoms with Crippen molar-refractivity contribution in [2.45, 2.75) is 6.10 Å². The summed E-state index contributed by atoms with van der Waals surface area (Å²) in [5.41, 5.74) is 1.90. The van der Waals surface area contributed by atoms with E-state index < -0.39 is 6.10 Å². The van der Waals surface area contributed by atoms with Crippen LogP contribution in [0.1, 0.15) is 22.8 Å². The zero-order chi connectivity index (χ0) is 13.0. The standard InChI is InChI=1S/C15H13NO2/c1-18-14-8-3-2-7-13(14)15(17)12-6-4-5-11(9-12)10-16/h2-9,15,17H,1H3/t15-/m1/s1. The first kappa shape index (κ1) is 12.2. The van der Waals surface area contributed by atoms with Crippen molar-refractivity contribution in [3.8, 4) is 11.8 Å². The molecule has 0 amide bonds. The summed E-state index contributed by atoms with van der Waals surface area (Å²) in [6.07, 6.45) is -0.797. The summed E-state index contributed by atoms with van der Waals surface area (Å²) in [5, 5.41) is 19.2. The summed E-state index contributed by atoms with van der Waals surface area (Å²) in [4.78, 5) is 0. The highest BCUT2D eigenvalue weighted by atomic mass is 16.5. The third-order valence-corrected chi connectivity index (χ3v) is 2.76. The maximum absolute atomic E-state index is 10.3. The van der Waals surface area contributed by atoms with Crippen molar-refractivity contribution in [2.24, 2.45) is 0 Å². The molecule has 2 rings (SSSR count). The van der Waals surface area contributed by atoms with Crippen molar-refractivity contribution >= 4 is 0 Å². The van der Waals surface area contributed by atoms with Crippen molar-refractivity contribution in [3.63, 3.8) is 0 Å². The summed E-state index contributed by atoms with van der Waals surface area (Å²) >= 11 is 0. The molecule has 18 heavy (non-hydrogen) atoms. The summed E-state index contributed by atoms with van der Waals surface area (Å²) in [6, 6.07) is 16.3. The fourth-order valence-corrected chi connectivity index (χ4v) is 1.85. The molecular formula is C15H13NO2. The number of methoxy groups -OCH3 is 1. The molecule has 0 aliphatic carbocycles. The lowest BCUT2D eigenvalue weighted by atomic mass is 9.99. The van der Waals surface area contributed by atoms with Gasteiger partial charge in [-0.05, 0) is 23.8 Å². The SMILES string of the molecule is COc1ccccc1[C@H](O)c1cccc(C#N)c1. The monoisotopic (exact) mass is 239 g/mol. The first-order valence-electron chi connectivity index (χ1n) is 5.57. The van der Waals surface area contributed by atoms with Gasteiger partial charge in [-0.2, -0.15) is 5.26 Å². The van der Waals surface area contributed by atoms with Crippen LogP contribution in [0.2, 0.25) is 0 Å². The molecular weight excluding hydrogens is 226 g/mol. The number of ether oxygens (including phenoxy) is 1. The van der Waals surface area contributed by atoms with Gasteiger partial charge in [0.15, 0.2) is 0 Å². The van der Waals surface area contributed by atoms with Crippen LogP contribution in [-0.4, -0.2) is 12.2 Å². The van der Waals surface area contributed by atoms with E-state index in [9.17, 15) is 5.11 Å². The second kappa shape index (κ2) is 5.35. The lowest BCUT2D eigenvalue weighted by Crippen LogP contribution is -2.02. The number of benzene rings is 2. The third kappa shape index (κ3) is 2.34. The number of aliphatic hydroxyl groups is 1. The molecule has 90 valence electrons. The van der Waals surface area contributed by atoms with E-state index in [2.05, 4.69) is 6.07 Å². The molecule has 2 aromatic carbocycles. The molecule has 0 unspecified atom stereocenters. The number of hydrogen-bond acceptors (Lipinski definition) is 3. The molecule has 0 saturated carbocycles. The van der Waals surface area contributed by atoms with E-state index in [1.165, 1.54) is 0 Å². The average Bonchev–Trinajstić information content (AvgIpc) is 2.46. The largest absolute Gasteiger partial charge is 0.496 e. The molecule has 1 N–H and O–H groups in total. The molecule has 0 aliphatic rings. The minimum absolute atomic E-state index is 0.529. The van der Waals surface area contributed by atoms with Gasteiger partial charge in [0, 0.05) is 5.56 Å². The Morgan fingerprint density at radius 2 is 1.94 bits per heavy atom.